The minimum absolute atomic E-state index is 0.265. The van der Waals surface area contributed by atoms with Crippen LogP contribution in [0.4, 0.5) is 42.1 Å². The fourth-order valence-electron chi connectivity index (χ4n) is 3.28. The Hall–Kier alpha value is -4.76. The van der Waals surface area contributed by atoms with Crippen LogP contribution in [0.1, 0.15) is 40.3 Å². The standard InChI is InChI=1S/C22H12F7N5O4/c23-19(24)15-8-17(20(25)26)33-18(31-15)9-16(32-33)21(35)30-11-5-12(34(36)37)7-14(6-11)38-13-3-1-2-10(4-13)22(27,28)29/h1-9,19-20H,(H,30,35). The number of nitro benzene ring substituents is 1. The fraction of sp³-hybridized carbons (Fsp3) is 0.136. The van der Waals surface area contributed by atoms with Gasteiger partial charge in [-0.25, -0.2) is 27.1 Å². The van der Waals surface area contributed by atoms with Crippen molar-refractivity contribution in [3.05, 3.63) is 87.4 Å². The van der Waals surface area contributed by atoms with Crippen molar-refractivity contribution in [2.75, 3.05) is 5.32 Å². The van der Waals surface area contributed by atoms with Crippen LogP contribution in [0.3, 0.4) is 0 Å². The number of benzene rings is 2. The first kappa shape index (κ1) is 26.3. The third-order valence-electron chi connectivity index (χ3n) is 4.91. The van der Waals surface area contributed by atoms with Gasteiger partial charge in [-0.15, -0.1) is 0 Å². The molecule has 1 amide bonds. The summed E-state index contributed by atoms with van der Waals surface area (Å²) in [6, 6.07) is 7.81. The maximum Gasteiger partial charge on any atom is 0.416 e. The molecule has 0 fully saturated rings. The maximum atomic E-state index is 13.4. The monoisotopic (exact) mass is 543 g/mol. The molecule has 0 bridgehead atoms. The van der Waals surface area contributed by atoms with E-state index in [4.69, 9.17) is 4.74 Å². The lowest BCUT2D eigenvalue weighted by Gasteiger charge is -2.11. The smallest absolute Gasteiger partial charge is 0.416 e. The Balaban J connectivity index is 1.66. The lowest BCUT2D eigenvalue weighted by Crippen LogP contribution is -2.13. The molecule has 38 heavy (non-hydrogen) atoms. The van der Waals surface area contributed by atoms with Crippen molar-refractivity contribution in [2.45, 2.75) is 19.0 Å². The summed E-state index contributed by atoms with van der Waals surface area (Å²) in [5, 5.41) is 17.2. The lowest BCUT2D eigenvalue weighted by atomic mass is 10.2. The average molecular weight is 543 g/mol. The Morgan fingerprint density at radius 1 is 1.00 bits per heavy atom. The van der Waals surface area contributed by atoms with Gasteiger partial charge in [-0.1, -0.05) is 6.07 Å². The highest BCUT2D eigenvalue weighted by molar-refractivity contribution is 6.03. The maximum absolute atomic E-state index is 13.4. The van der Waals surface area contributed by atoms with Gasteiger partial charge in [0.25, 0.3) is 24.4 Å². The van der Waals surface area contributed by atoms with E-state index in [-0.39, 0.29) is 17.2 Å². The minimum Gasteiger partial charge on any atom is -0.457 e. The summed E-state index contributed by atoms with van der Waals surface area (Å²) in [4.78, 5) is 26.7. The van der Waals surface area contributed by atoms with Crippen molar-refractivity contribution in [2.24, 2.45) is 0 Å². The predicted molar refractivity (Wildman–Crippen MR) is 115 cm³/mol. The molecular weight excluding hydrogens is 531 g/mol. The number of ether oxygens (including phenoxy) is 1. The minimum atomic E-state index is -4.68. The second kappa shape index (κ2) is 9.95. The van der Waals surface area contributed by atoms with E-state index in [0.717, 1.165) is 36.4 Å². The van der Waals surface area contributed by atoms with Crippen molar-refractivity contribution in [1.29, 1.82) is 0 Å². The number of halogens is 7. The van der Waals surface area contributed by atoms with E-state index in [9.17, 15) is 45.6 Å². The lowest BCUT2D eigenvalue weighted by molar-refractivity contribution is -0.384. The number of alkyl halides is 7. The number of amides is 1. The molecule has 2 aromatic carbocycles. The van der Waals surface area contributed by atoms with Crippen LogP contribution >= 0.6 is 0 Å². The summed E-state index contributed by atoms with van der Waals surface area (Å²) < 4.78 is 97.5. The highest BCUT2D eigenvalue weighted by Crippen LogP contribution is 2.34. The Labute approximate surface area is 206 Å². The molecule has 198 valence electrons. The van der Waals surface area contributed by atoms with Gasteiger partial charge in [0.2, 0.25) is 0 Å². The number of carbonyl (C=O) groups excluding carboxylic acids is 1. The highest BCUT2D eigenvalue weighted by Gasteiger charge is 2.30. The first-order valence-corrected chi connectivity index (χ1v) is 10.2. The normalized spacial score (nSPS) is 11.8. The molecule has 0 atom stereocenters. The third kappa shape index (κ3) is 5.63. The fourth-order valence-corrected chi connectivity index (χ4v) is 3.28. The number of nitro groups is 1. The quantitative estimate of drug-likeness (QED) is 0.160. The van der Waals surface area contributed by atoms with E-state index < -0.39 is 63.8 Å². The van der Waals surface area contributed by atoms with Crippen LogP contribution in [0.2, 0.25) is 0 Å². The van der Waals surface area contributed by atoms with E-state index >= 15 is 0 Å². The molecule has 0 aliphatic heterocycles. The number of aromatic nitrogens is 3. The molecule has 1 N–H and O–H groups in total. The van der Waals surface area contributed by atoms with E-state index in [2.05, 4.69) is 15.4 Å². The molecule has 0 spiro atoms. The van der Waals surface area contributed by atoms with Crippen LogP contribution in [-0.4, -0.2) is 25.4 Å². The first-order chi connectivity index (χ1) is 17.8. The zero-order valence-corrected chi connectivity index (χ0v) is 18.4. The van der Waals surface area contributed by atoms with Crippen molar-refractivity contribution in [1.82, 2.24) is 14.6 Å². The molecule has 9 nitrogen and oxygen atoms in total. The van der Waals surface area contributed by atoms with Crippen LogP contribution in [0.25, 0.3) is 5.65 Å². The number of fused-ring (bicyclic) bond motifs is 1. The number of nitrogens with one attached hydrogen (secondary N) is 1. The van der Waals surface area contributed by atoms with Gasteiger partial charge in [0.1, 0.15) is 22.9 Å². The van der Waals surface area contributed by atoms with Crippen LogP contribution in [0, 0.1) is 10.1 Å². The Morgan fingerprint density at radius 2 is 1.74 bits per heavy atom. The largest absolute Gasteiger partial charge is 0.457 e. The van der Waals surface area contributed by atoms with Gasteiger partial charge in [0, 0.05) is 18.2 Å². The summed E-state index contributed by atoms with van der Waals surface area (Å²) in [6.07, 6.45) is -11.1. The predicted octanol–water partition coefficient (Wildman–Crippen LogP) is 6.58. The molecular formula is C22H12F7N5O4. The van der Waals surface area contributed by atoms with Crippen molar-refractivity contribution in [3.63, 3.8) is 0 Å². The average Bonchev–Trinajstić information content (AvgIpc) is 3.27. The van der Waals surface area contributed by atoms with Crippen molar-refractivity contribution < 1.29 is 45.2 Å². The van der Waals surface area contributed by atoms with Gasteiger partial charge in [-0.2, -0.15) is 18.3 Å². The number of rotatable bonds is 7. The molecule has 0 unspecified atom stereocenters. The zero-order chi connectivity index (χ0) is 27.8. The van der Waals surface area contributed by atoms with Gasteiger partial charge >= 0.3 is 6.18 Å². The molecule has 4 aromatic rings. The molecule has 0 saturated carbocycles. The molecule has 0 radical (unpaired) electrons. The second-order valence-electron chi connectivity index (χ2n) is 7.56. The number of anilines is 1. The van der Waals surface area contributed by atoms with Gasteiger partial charge in [0.15, 0.2) is 11.3 Å². The van der Waals surface area contributed by atoms with E-state index in [1.807, 2.05) is 0 Å². The van der Waals surface area contributed by atoms with Gasteiger partial charge in [0.05, 0.1) is 22.2 Å². The van der Waals surface area contributed by atoms with Crippen LogP contribution in [0.5, 0.6) is 11.5 Å². The molecule has 2 aromatic heterocycles. The van der Waals surface area contributed by atoms with Crippen LogP contribution < -0.4 is 10.1 Å². The summed E-state index contributed by atoms with van der Waals surface area (Å²) in [7, 11) is 0. The molecule has 0 aliphatic carbocycles. The summed E-state index contributed by atoms with van der Waals surface area (Å²) in [6.45, 7) is 0. The zero-order valence-electron chi connectivity index (χ0n) is 18.4. The number of hydrogen-bond acceptors (Lipinski definition) is 6. The molecule has 0 saturated heterocycles. The van der Waals surface area contributed by atoms with Crippen molar-refractivity contribution in [3.8, 4) is 11.5 Å². The van der Waals surface area contributed by atoms with Gasteiger partial charge < -0.3 is 10.1 Å². The van der Waals surface area contributed by atoms with Crippen LogP contribution in [-0.2, 0) is 6.18 Å². The topological polar surface area (TPSA) is 112 Å². The number of carbonyl (C=O) groups is 1. The number of nitrogens with zero attached hydrogens (tertiary/aromatic N) is 4. The SMILES string of the molecule is O=C(Nc1cc(Oc2cccc(C(F)(F)F)c2)cc([N+](=O)[O-])c1)c1cc2nc(C(F)F)cc(C(F)F)n2n1. The van der Waals surface area contributed by atoms with E-state index in [1.54, 1.807) is 0 Å². The first-order valence-electron chi connectivity index (χ1n) is 10.2. The van der Waals surface area contributed by atoms with E-state index in [1.165, 1.54) is 6.07 Å². The third-order valence-corrected chi connectivity index (χ3v) is 4.91. The summed E-state index contributed by atoms with van der Waals surface area (Å²) in [5.41, 5.74) is -4.84. The summed E-state index contributed by atoms with van der Waals surface area (Å²) in [5.74, 6) is -1.70. The van der Waals surface area contributed by atoms with E-state index in [0.29, 0.717) is 16.6 Å². The molecule has 16 heteroatoms. The van der Waals surface area contributed by atoms with Crippen molar-refractivity contribution >= 4 is 22.9 Å². The Kier molecular flexibility index (Phi) is 6.89. The summed E-state index contributed by atoms with van der Waals surface area (Å²) >= 11 is 0. The molecule has 0 aliphatic rings. The molecule has 2 heterocycles. The highest BCUT2D eigenvalue weighted by atomic mass is 19.4. The Bertz CT molecular complexity index is 1540. The Morgan fingerprint density at radius 3 is 2.37 bits per heavy atom. The van der Waals surface area contributed by atoms with Gasteiger partial charge in [-0.05, 0) is 24.3 Å². The number of non-ortho nitro benzene ring substituents is 1. The molecule has 4 rings (SSSR count). The number of hydrogen-bond donors (Lipinski definition) is 1. The second-order valence-corrected chi connectivity index (χ2v) is 7.56. The van der Waals surface area contributed by atoms with Gasteiger partial charge in [-0.3, -0.25) is 14.9 Å². The van der Waals surface area contributed by atoms with Crippen LogP contribution in [0.15, 0.2) is 54.6 Å².